The zero-order valence-electron chi connectivity index (χ0n) is 37.3. The van der Waals surface area contributed by atoms with Crippen molar-refractivity contribution < 1.29 is 20.1 Å². The normalized spacial score (nSPS) is 28.0. The van der Waals surface area contributed by atoms with Crippen LogP contribution in [-0.2, 0) is 11.3 Å². The predicted octanol–water partition coefficient (Wildman–Crippen LogP) is 8.86. The standard InChI is InChI=1S/C47H67N9O4S/c1-8-47(28-44(4)25-45(5,29-47)27-46(6,26-44)60-23-21-54(7)19-11-12-22-57)30-56-32(3)35(24-50-56)34-17-18-38(52-39(34)42(58)59)55-20-13-14-33(41(55)49)31(2)40(48)53-43-51-36-15-9-10-16-37(36)61-43/h9-10,15-18,24,49,52,57-59H,8,11-14,19-23,25-30H2,1-7H3,(H2,48,51,53)/b33-31-,49-41?/t44-,45+,46?,47?. The number of dihydropyridines is 1. The second-order valence-corrected chi connectivity index (χ2v) is 20.3. The number of rotatable bonds is 15. The van der Waals surface area contributed by atoms with Gasteiger partial charge in [-0.1, -0.05) is 44.2 Å². The van der Waals surface area contributed by atoms with E-state index in [1.807, 2.05) is 54.4 Å². The lowest BCUT2D eigenvalue weighted by atomic mass is 9.46. The molecule has 4 atom stereocenters. The summed E-state index contributed by atoms with van der Waals surface area (Å²) in [5, 5.41) is 48.6. The van der Waals surface area contributed by atoms with Gasteiger partial charge in [0, 0.05) is 48.6 Å². The van der Waals surface area contributed by atoms with Gasteiger partial charge in [-0.15, -0.1) is 0 Å². The molecule has 2 aromatic heterocycles. The molecule has 14 heteroatoms. The number of fused-ring (bicyclic) bond motifs is 3. The van der Waals surface area contributed by atoms with Gasteiger partial charge in [0.1, 0.15) is 23.2 Å². The summed E-state index contributed by atoms with van der Waals surface area (Å²) < 4.78 is 9.92. The van der Waals surface area contributed by atoms with Crippen LogP contribution in [-0.4, -0.2) is 97.1 Å². The van der Waals surface area contributed by atoms with E-state index in [2.05, 4.69) is 66.5 Å². The molecule has 0 radical (unpaired) electrons. The fourth-order valence-electron chi connectivity index (χ4n) is 11.7. The first kappa shape index (κ1) is 44.6. The topological polar surface area (TPSA) is 181 Å². The second-order valence-electron chi connectivity index (χ2n) is 19.3. The minimum Gasteiger partial charge on any atom is -0.480 e. The van der Waals surface area contributed by atoms with Crippen LogP contribution in [0.25, 0.3) is 15.8 Å². The Balaban J connectivity index is 1.07. The summed E-state index contributed by atoms with van der Waals surface area (Å²) in [4.78, 5) is 13.4. The number of thiazole rings is 1. The number of aliphatic hydroxyl groups is 3. The summed E-state index contributed by atoms with van der Waals surface area (Å²) >= 11 is 1.48. The number of aromatic nitrogens is 3. The molecule has 1 saturated heterocycles. The molecule has 1 aromatic carbocycles. The van der Waals surface area contributed by atoms with E-state index in [1.54, 1.807) is 0 Å². The number of para-hydroxylation sites is 1. The Labute approximate surface area is 365 Å². The van der Waals surface area contributed by atoms with E-state index in [-0.39, 0.29) is 40.0 Å². The van der Waals surface area contributed by atoms with E-state index >= 15 is 0 Å². The molecule has 2 aliphatic heterocycles. The zero-order valence-corrected chi connectivity index (χ0v) is 38.1. The molecule has 13 nitrogen and oxygen atoms in total. The lowest BCUT2D eigenvalue weighted by Crippen LogP contribution is -2.55. The molecular weight excluding hydrogens is 787 g/mol. The molecule has 2 aliphatic carbocycles. The Morgan fingerprint density at radius 3 is 2.49 bits per heavy atom. The molecule has 0 amide bonds. The summed E-state index contributed by atoms with van der Waals surface area (Å²) in [5.41, 5.74) is 11.6. The SMILES string of the molecule is CCC1(Cn2ncc(C3=CC=C(N4CCC/C(=C(C)/C(N)=N/c5nc6ccccc6s5)C4=N)NC3=C(O)O)c2C)C[C@@]2(C)CC(C)(OCCN(C)CCCCO)C[C@@](C)(C1)C2. The van der Waals surface area contributed by atoms with Crippen molar-refractivity contribution in [2.24, 2.45) is 27.0 Å². The number of likely N-dealkylation sites (tertiary alicyclic amines) is 1. The number of amidine groups is 2. The Morgan fingerprint density at radius 1 is 1.07 bits per heavy atom. The van der Waals surface area contributed by atoms with E-state index in [9.17, 15) is 15.6 Å². The molecular formula is C47H67N9O4S. The number of aliphatic hydroxyl groups excluding tert-OH is 2. The summed E-state index contributed by atoms with van der Waals surface area (Å²) in [5.74, 6) is 0.364. The molecule has 4 aliphatic rings. The van der Waals surface area contributed by atoms with Gasteiger partial charge in [0.2, 0.25) is 5.13 Å². The first-order valence-electron chi connectivity index (χ1n) is 22.0. The number of nitrogens with one attached hydrogen (secondary N) is 2. The average Bonchev–Trinajstić information content (AvgIpc) is 3.77. The van der Waals surface area contributed by atoms with Gasteiger partial charge in [-0.05, 0) is 145 Å². The van der Waals surface area contributed by atoms with Gasteiger partial charge >= 0.3 is 0 Å². The lowest BCUT2D eigenvalue weighted by molar-refractivity contribution is -0.174. The molecule has 3 fully saturated rings. The molecule has 330 valence electrons. The van der Waals surface area contributed by atoms with Crippen LogP contribution in [0.15, 0.2) is 76.2 Å². The zero-order chi connectivity index (χ0) is 43.7. The first-order valence-corrected chi connectivity index (χ1v) is 22.8. The van der Waals surface area contributed by atoms with Crippen LogP contribution in [0.3, 0.4) is 0 Å². The monoisotopic (exact) mass is 854 g/mol. The number of aliphatic imine (C=N–C) groups is 1. The number of nitrogens with zero attached hydrogens (tertiary/aromatic N) is 6. The quantitative estimate of drug-likeness (QED) is 0.0374. The smallest absolute Gasteiger partial charge is 0.299 e. The number of nitrogens with two attached hydrogens (primary N) is 1. The van der Waals surface area contributed by atoms with Crippen LogP contribution in [0.1, 0.15) is 110 Å². The third-order valence-electron chi connectivity index (χ3n) is 13.7. The highest BCUT2D eigenvalue weighted by Gasteiger charge is 2.58. The van der Waals surface area contributed by atoms with Gasteiger partial charge in [-0.25, -0.2) is 9.98 Å². The molecule has 0 spiro atoms. The van der Waals surface area contributed by atoms with Crippen molar-refractivity contribution in [2.45, 2.75) is 118 Å². The fourth-order valence-corrected chi connectivity index (χ4v) is 12.5. The van der Waals surface area contributed by atoms with Crippen LogP contribution >= 0.6 is 11.3 Å². The van der Waals surface area contributed by atoms with Crippen LogP contribution in [0, 0.1) is 28.6 Å². The van der Waals surface area contributed by atoms with Crippen molar-refractivity contribution in [3.8, 4) is 0 Å². The van der Waals surface area contributed by atoms with Crippen molar-refractivity contribution in [1.82, 2.24) is 29.9 Å². The third kappa shape index (κ3) is 9.62. The van der Waals surface area contributed by atoms with E-state index in [4.69, 9.17) is 20.7 Å². The number of unbranched alkanes of at least 4 members (excludes halogenated alkanes) is 1. The van der Waals surface area contributed by atoms with Crippen LogP contribution in [0.5, 0.6) is 0 Å². The number of hydrogen-bond acceptors (Lipinski definition) is 11. The predicted molar refractivity (Wildman–Crippen MR) is 246 cm³/mol. The van der Waals surface area contributed by atoms with Gasteiger partial charge in [-0.2, -0.15) is 5.10 Å². The number of ether oxygens (including phenoxy) is 1. The van der Waals surface area contributed by atoms with E-state index in [0.29, 0.717) is 41.9 Å². The molecule has 3 aromatic rings. The maximum Gasteiger partial charge on any atom is 0.299 e. The molecule has 4 heterocycles. The van der Waals surface area contributed by atoms with E-state index in [0.717, 1.165) is 104 Å². The van der Waals surface area contributed by atoms with Crippen LogP contribution in [0.4, 0.5) is 5.13 Å². The van der Waals surface area contributed by atoms with Crippen LogP contribution < -0.4 is 11.1 Å². The van der Waals surface area contributed by atoms with Crippen LogP contribution in [0.2, 0.25) is 0 Å². The second kappa shape index (κ2) is 17.7. The van der Waals surface area contributed by atoms with Crippen molar-refractivity contribution in [3.05, 3.63) is 82.5 Å². The number of piperidine rings is 1. The molecule has 7 rings (SSSR count). The van der Waals surface area contributed by atoms with Crippen molar-refractivity contribution in [3.63, 3.8) is 0 Å². The molecule has 2 unspecified atom stereocenters. The van der Waals surface area contributed by atoms with Crippen molar-refractivity contribution in [1.29, 1.82) is 5.41 Å². The first-order chi connectivity index (χ1) is 29.0. The fraction of sp³-hybridized carbons (Fsp3) is 0.574. The number of allylic oxidation sites excluding steroid dienone is 3. The van der Waals surface area contributed by atoms with Gasteiger partial charge < -0.3 is 40.9 Å². The number of benzene rings is 1. The average molecular weight is 854 g/mol. The summed E-state index contributed by atoms with van der Waals surface area (Å²) in [6, 6.07) is 7.88. The number of likely N-dealkylation sites (N-methyl/N-ethyl adjacent to an activating group) is 1. The molecule has 2 bridgehead atoms. The van der Waals surface area contributed by atoms with Gasteiger partial charge in [0.25, 0.3) is 5.95 Å². The summed E-state index contributed by atoms with van der Waals surface area (Å²) in [6.07, 6.45) is 15.4. The number of hydrogen-bond donors (Lipinski definition) is 6. The van der Waals surface area contributed by atoms with E-state index < -0.39 is 5.95 Å². The van der Waals surface area contributed by atoms with Crippen molar-refractivity contribution in [2.75, 3.05) is 39.9 Å². The maximum absolute atomic E-state index is 10.7. The summed E-state index contributed by atoms with van der Waals surface area (Å²) in [6.45, 7) is 17.7. The molecule has 61 heavy (non-hydrogen) atoms. The third-order valence-corrected chi connectivity index (χ3v) is 14.6. The minimum absolute atomic E-state index is 0.0502. The maximum atomic E-state index is 10.7. The minimum atomic E-state index is -0.823. The van der Waals surface area contributed by atoms with Crippen molar-refractivity contribution >= 4 is 43.9 Å². The van der Waals surface area contributed by atoms with Gasteiger partial charge in [0.15, 0.2) is 0 Å². The lowest BCUT2D eigenvalue weighted by Gasteiger charge is -2.61. The van der Waals surface area contributed by atoms with Gasteiger partial charge in [0.05, 0.1) is 28.6 Å². The molecule has 7 N–H and O–H groups in total. The largest absolute Gasteiger partial charge is 0.480 e. The highest BCUT2D eigenvalue weighted by molar-refractivity contribution is 7.22. The Kier molecular flexibility index (Phi) is 12.9. The van der Waals surface area contributed by atoms with E-state index in [1.165, 1.54) is 17.8 Å². The Bertz CT molecular complexity index is 2230. The highest BCUT2D eigenvalue weighted by atomic mass is 32.1. The Morgan fingerprint density at radius 2 is 1.80 bits per heavy atom. The summed E-state index contributed by atoms with van der Waals surface area (Å²) in [7, 11) is 2.14. The Hall–Kier alpha value is -4.50. The molecule has 2 saturated carbocycles. The van der Waals surface area contributed by atoms with Gasteiger partial charge in [-0.3, -0.25) is 10.1 Å². The highest BCUT2D eigenvalue weighted by Crippen LogP contribution is 2.65.